The molecule has 0 heterocycles. The van der Waals surface area contributed by atoms with Crippen LogP contribution in [-0.4, -0.2) is 22.8 Å². The molecule has 0 bridgehead atoms. The number of benzene rings is 1. The highest BCUT2D eigenvalue weighted by Gasteiger charge is 2.46. The quantitative estimate of drug-likeness (QED) is 0.614. The van der Waals surface area contributed by atoms with Crippen LogP contribution < -0.4 is 9.61 Å². The van der Waals surface area contributed by atoms with Crippen molar-refractivity contribution in [3.8, 4) is 5.75 Å². The molecule has 0 spiro atoms. The second-order valence-electron chi connectivity index (χ2n) is 7.32. The molecule has 23 heavy (non-hydrogen) atoms. The first kappa shape index (κ1) is 19.7. The number of rotatable bonds is 6. The molecule has 0 amide bonds. The van der Waals surface area contributed by atoms with E-state index in [0.29, 0.717) is 5.75 Å². The number of para-hydroxylation sites is 1. The summed E-state index contributed by atoms with van der Waals surface area (Å²) in [6.07, 6.45) is -0.243. The monoisotopic (exact) mass is 341 g/mol. The Kier molecular flexibility index (Phi) is 6.06. The minimum absolute atomic E-state index is 0.243. The molecule has 1 aromatic carbocycles. The molecule has 1 atom stereocenters. The summed E-state index contributed by atoms with van der Waals surface area (Å²) in [5, 5.41) is 2.23. The van der Waals surface area contributed by atoms with Gasteiger partial charge in [0.05, 0.1) is 11.3 Å². The van der Waals surface area contributed by atoms with Crippen LogP contribution >= 0.6 is 7.52 Å². The largest absolute Gasteiger partial charge is 0.462 e. The summed E-state index contributed by atoms with van der Waals surface area (Å²) in [6.45, 7) is 12.3. The minimum Gasteiger partial charge on any atom is -0.462 e. The van der Waals surface area contributed by atoms with Crippen LogP contribution in [0.15, 0.2) is 30.3 Å². The fourth-order valence-corrected chi connectivity index (χ4v) is 3.63. The standard InChI is InChI=1S/C17H28NO4P/c1-13(2)21-15(19)17(6,7)18-23(20,16(3,4)5)22-14-11-9-8-10-12-14/h8-13H,1-7H3,(H,18,20)/t23-/m1/s1. The number of ether oxygens (including phenoxy) is 1. The van der Waals surface area contributed by atoms with Crippen molar-refractivity contribution in [3.63, 3.8) is 0 Å². The fourth-order valence-electron chi connectivity index (χ4n) is 1.73. The van der Waals surface area contributed by atoms with Crippen LogP contribution in [0.5, 0.6) is 5.75 Å². The molecular formula is C17H28NO4P. The van der Waals surface area contributed by atoms with Gasteiger partial charge in [0.25, 0.3) is 0 Å². The van der Waals surface area contributed by atoms with Crippen LogP contribution in [0.2, 0.25) is 0 Å². The van der Waals surface area contributed by atoms with Crippen LogP contribution in [0.1, 0.15) is 48.5 Å². The predicted molar refractivity (Wildman–Crippen MR) is 92.9 cm³/mol. The van der Waals surface area contributed by atoms with E-state index in [4.69, 9.17) is 9.26 Å². The second kappa shape index (κ2) is 7.06. The van der Waals surface area contributed by atoms with E-state index in [-0.39, 0.29) is 6.10 Å². The Bertz CT molecular complexity index is 576. The van der Waals surface area contributed by atoms with Gasteiger partial charge in [-0.25, -0.2) is 5.09 Å². The summed E-state index contributed by atoms with van der Waals surface area (Å²) in [4.78, 5) is 12.3. The first-order chi connectivity index (χ1) is 10.4. The van der Waals surface area contributed by atoms with Gasteiger partial charge in [0.2, 0.25) is 0 Å². The molecule has 0 fully saturated rings. The van der Waals surface area contributed by atoms with Crippen molar-refractivity contribution in [2.45, 2.75) is 65.3 Å². The fraction of sp³-hybridized carbons (Fsp3) is 0.588. The van der Waals surface area contributed by atoms with E-state index in [1.807, 2.05) is 26.8 Å². The van der Waals surface area contributed by atoms with Crippen LogP contribution in [-0.2, 0) is 14.1 Å². The summed E-state index contributed by atoms with van der Waals surface area (Å²) in [6, 6.07) is 8.94. The highest BCUT2D eigenvalue weighted by molar-refractivity contribution is 7.59. The van der Waals surface area contributed by atoms with Crippen molar-refractivity contribution in [3.05, 3.63) is 30.3 Å². The Balaban J connectivity index is 3.08. The molecule has 0 aliphatic rings. The van der Waals surface area contributed by atoms with Crippen LogP contribution in [0.25, 0.3) is 0 Å². The molecule has 0 saturated heterocycles. The lowest BCUT2D eigenvalue weighted by Crippen LogP contribution is -2.49. The molecular weight excluding hydrogens is 313 g/mol. The van der Waals surface area contributed by atoms with Gasteiger partial charge in [-0.3, -0.25) is 9.36 Å². The number of hydrogen-bond donors (Lipinski definition) is 1. The molecule has 6 heteroatoms. The molecule has 0 aliphatic heterocycles. The maximum Gasteiger partial charge on any atom is 0.326 e. The number of hydrogen-bond acceptors (Lipinski definition) is 4. The summed E-state index contributed by atoms with van der Waals surface area (Å²) in [5.41, 5.74) is -1.14. The summed E-state index contributed by atoms with van der Waals surface area (Å²) in [7, 11) is -3.39. The molecule has 0 unspecified atom stereocenters. The highest BCUT2D eigenvalue weighted by atomic mass is 31.2. The van der Waals surface area contributed by atoms with E-state index in [0.717, 1.165) is 0 Å². The van der Waals surface area contributed by atoms with Crippen molar-refractivity contribution < 1.29 is 18.6 Å². The van der Waals surface area contributed by atoms with Crippen molar-refractivity contribution in [2.75, 3.05) is 0 Å². The van der Waals surface area contributed by atoms with Gasteiger partial charge < -0.3 is 9.26 Å². The Morgan fingerprint density at radius 3 is 2.04 bits per heavy atom. The number of nitrogens with one attached hydrogen (secondary N) is 1. The van der Waals surface area contributed by atoms with Gasteiger partial charge in [0.15, 0.2) is 0 Å². The Hall–Kier alpha value is -1.32. The van der Waals surface area contributed by atoms with E-state index >= 15 is 0 Å². The predicted octanol–water partition coefficient (Wildman–Crippen LogP) is 4.38. The average Bonchev–Trinajstić information content (AvgIpc) is 2.36. The minimum atomic E-state index is -3.39. The molecule has 1 N–H and O–H groups in total. The first-order valence-corrected chi connectivity index (χ1v) is 9.35. The van der Waals surface area contributed by atoms with Crippen molar-refractivity contribution >= 4 is 13.5 Å². The maximum absolute atomic E-state index is 13.5. The smallest absolute Gasteiger partial charge is 0.326 e. The lowest BCUT2D eigenvalue weighted by Gasteiger charge is -2.37. The second-order valence-corrected chi connectivity index (χ2v) is 10.2. The highest BCUT2D eigenvalue weighted by Crippen LogP contribution is 2.56. The van der Waals surface area contributed by atoms with Crippen molar-refractivity contribution in [2.24, 2.45) is 0 Å². The average molecular weight is 341 g/mol. The van der Waals surface area contributed by atoms with Gasteiger partial charge in [-0.1, -0.05) is 18.2 Å². The number of esters is 1. The molecule has 0 aliphatic carbocycles. The Labute approximate surface area is 139 Å². The third-order valence-corrected chi connectivity index (χ3v) is 6.23. The SMILES string of the molecule is CC(C)OC(=O)C(C)(C)N[P@](=O)(Oc1ccccc1)C(C)(C)C. The molecule has 5 nitrogen and oxygen atoms in total. The summed E-state index contributed by atoms with van der Waals surface area (Å²) in [5.74, 6) is 0.0277. The topological polar surface area (TPSA) is 64.6 Å². The summed E-state index contributed by atoms with van der Waals surface area (Å²) < 4.78 is 24.5. The van der Waals surface area contributed by atoms with Gasteiger partial charge in [-0.15, -0.1) is 0 Å². The third kappa shape index (κ3) is 5.36. The van der Waals surface area contributed by atoms with E-state index < -0.39 is 24.2 Å². The first-order valence-electron chi connectivity index (χ1n) is 7.73. The zero-order valence-electron chi connectivity index (χ0n) is 15.0. The maximum atomic E-state index is 13.5. The molecule has 0 radical (unpaired) electrons. The molecule has 1 aromatic rings. The number of carbonyl (C=O) groups excluding carboxylic acids is 1. The van der Waals surface area contributed by atoms with Crippen molar-refractivity contribution in [1.82, 2.24) is 5.09 Å². The van der Waals surface area contributed by atoms with Crippen LogP contribution in [0.3, 0.4) is 0 Å². The molecule has 130 valence electrons. The third-order valence-electron chi connectivity index (χ3n) is 3.14. The lowest BCUT2D eigenvalue weighted by molar-refractivity contribution is -0.153. The van der Waals surface area contributed by atoms with Gasteiger partial charge >= 0.3 is 13.5 Å². The summed E-state index contributed by atoms with van der Waals surface area (Å²) >= 11 is 0. The Morgan fingerprint density at radius 2 is 1.61 bits per heavy atom. The van der Waals surface area contributed by atoms with Gasteiger partial charge in [0.1, 0.15) is 11.3 Å². The Morgan fingerprint density at radius 1 is 1.09 bits per heavy atom. The van der Waals surface area contributed by atoms with Crippen LogP contribution in [0, 0.1) is 0 Å². The zero-order chi connectivity index (χ0) is 17.9. The lowest BCUT2D eigenvalue weighted by atomic mass is 10.1. The van der Waals surface area contributed by atoms with Crippen molar-refractivity contribution in [1.29, 1.82) is 0 Å². The van der Waals surface area contributed by atoms with Gasteiger partial charge in [0, 0.05) is 0 Å². The van der Waals surface area contributed by atoms with Gasteiger partial charge in [-0.2, -0.15) is 0 Å². The van der Waals surface area contributed by atoms with E-state index in [9.17, 15) is 9.36 Å². The zero-order valence-corrected chi connectivity index (χ0v) is 15.9. The van der Waals surface area contributed by atoms with Crippen LogP contribution in [0.4, 0.5) is 0 Å². The van der Waals surface area contributed by atoms with E-state index in [2.05, 4.69) is 5.09 Å². The van der Waals surface area contributed by atoms with Gasteiger partial charge in [-0.05, 0) is 60.6 Å². The van der Waals surface area contributed by atoms with E-state index in [1.54, 1.807) is 52.0 Å². The molecule has 1 rings (SSSR count). The van der Waals surface area contributed by atoms with E-state index in [1.165, 1.54) is 0 Å². The molecule has 0 saturated carbocycles. The normalized spacial score (nSPS) is 15.1. The molecule has 0 aromatic heterocycles. The number of carbonyl (C=O) groups is 1.